The smallest absolute Gasteiger partial charge is 0.308 e. The van der Waals surface area contributed by atoms with Gasteiger partial charge in [0.2, 0.25) is 0 Å². The van der Waals surface area contributed by atoms with Crippen LogP contribution in [0.4, 0.5) is 0 Å². The Labute approximate surface area is 180 Å². The van der Waals surface area contributed by atoms with E-state index in [1.807, 2.05) is 13.8 Å². The molecule has 0 aromatic carbocycles. The Balaban J connectivity index is 1.99. The molecule has 0 heterocycles. The van der Waals surface area contributed by atoms with E-state index in [-0.39, 0.29) is 42.9 Å². The summed E-state index contributed by atoms with van der Waals surface area (Å²) in [6.45, 7) is 7.25. The lowest BCUT2D eigenvalue weighted by atomic mass is 9.66. The van der Waals surface area contributed by atoms with E-state index < -0.39 is 18.2 Å². The highest BCUT2D eigenvalue weighted by atomic mass is 16.5. The van der Waals surface area contributed by atoms with Crippen molar-refractivity contribution in [2.45, 2.75) is 84.5 Å². The van der Waals surface area contributed by atoms with Crippen molar-refractivity contribution in [2.24, 2.45) is 23.7 Å². The van der Waals surface area contributed by atoms with Gasteiger partial charge in [0.15, 0.2) is 0 Å². The van der Waals surface area contributed by atoms with Crippen LogP contribution in [0.5, 0.6) is 0 Å². The van der Waals surface area contributed by atoms with Crippen molar-refractivity contribution in [3.8, 4) is 0 Å². The van der Waals surface area contributed by atoms with Gasteiger partial charge >= 0.3 is 11.9 Å². The zero-order valence-corrected chi connectivity index (χ0v) is 18.8. The molecule has 7 atom stereocenters. The largest absolute Gasteiger partial charge is 0.463 e. The van der Waals surface area contributed by atoms with Gasteiger partial charge in [-0.3, -0.25) is 9.59 Å². The fourth-order valence-electron chi connectivity index (χ4n) is 4.48. The second-order valence-corrected chi connectivity index (χ2v) is 8.90. The van der Waals surface area contributed by atoms with Crippen LogP contribution in [0.2, 0.25) is 0 Å². The number of esters is 2. The molecule has 0 bridgehead atoms. The Bertz CT molecular complexity index is 640. The Hall–Kier alpha value is -1.66. The van der Waals surface area contributed by atoms with Crippen molar-refractivity contribution in [1.29, 1.82) is 0 Å². The molecule has 6 unspecified atom stereocenters. The maximum atomic E-state index is 12.4. The summed E-state index contributed by atoms with van der Waals surface area (Å²) >= 11 is 0. The first kappa shape index (κ1) is 24.6. The number of aliphatic hydroxyl groups is 2. The third kappa shape index (κ3) is 6.95. The summed E-state index contributed by atoms with van der Waals surface area (Å²) in [5.74, 6) is 0.0453. The van der Waals surface area contributed by atoms with Crippen LogP contribution >= 0.6 is 0 Å². The maximum Gasteiger partial charge on any atom is 0.308 e. The maximum absolute atomic E-state index is 12.4. The molecule has 2 aliphatic carbocycles. The highest BCUT2D eigenvalue weighted by molar-refractivity contribution is 5.72. The SMILES string of the molecule is CCC(C)C(=O)OC1CCC=C2C=CC(C)[C@@H](CCC(O)CC(O)COC(C)=O)C21. The lowest BCUT2D eigenvalue weighted by Gasteiger charge is -2.42. The highest BCUT2D eigenvalue weighted by Crippen LogP contribution is 2.43. The summed E-state index contributed by atoms with van der Waals surface area (Å²) in [6.07, 6.45) is 8.91. The van der Waals surface area contributed by atoms with Gasteiger partial charge in [-0.15, -0.1) is 0 Å². The molecule has 170 valence electrons. The third-order valence-corrected chi connectivity index (χ3v) is 6.48. The second kappa shape index (κ2) is 11.7. The number of carbonyl (C=O) groups excluding carboxylic acids is 2. The summed E-state index contributed by atoms with van der Waals surface area (Å²) in [5, 5.41) is 20.3. The summed E-state index contributed by atoms with van der Waals surface area (Å²) < 4.78 is 10.8. The van der Waals surface area contributed by atoms with E-state index >= 15 is 0 Å². The topological polar surface area (TPSA) is 93.1 Å². The van der Waals surface area contributed by atoms with Crippen LogP contribution in [0, 0.1) is 23.7 Å². The highest BCUT2D eigenvalue weighted by Gasteiger charge is 2.40. The summed E-state index contributed by atoms with van der Waals surface area (Å²) in [5.41, 5.74) is 1.23. The molecule has 0 fully saturated rings. The summed E-state index contributed by atoms with van der Waals surface area (Å²) in [6, 6.07) is 0. The normalized spacial score (nSPS) is 28.7. The molecule has 2 rings (SSSR count). The van der Waals surface area contributed by atoms with Crippen LogP contribution < -0.4 is 0 Å². The Morgan fingerprint density at radius 3 is 2.67 bits per heavy atom. The molecule has 0 aliphatic heterocycles. The van der Waals surface area contributed by atoms with Crippen LogP contribution in [-0.2, 0) is 19.1 Å². The summed E-state index contributed by atoms with van der Waals surface area (Å²) in [4.78, 5) is 23.3. The minimum Gasteiger partial charge on any atom is -0.463 e. The second-order valence-electron chi connectivity index (χ2n) is 8.90. The third-order valence-electron chi connectivity index (χ3n) is 6.48. The monoisotopic (exact) mass is 422 g/mol. The molecule has 0 spiro atoms. The van der Waals surface area contributed by atoms with Crippen LogP contribution in [0.3, 0.4) is 0 Å². The van der Waals surface area contributed by atoms with Crippen LogP contribution in [0.1, 0.15) is 66.2 Å². The number of aliphatic hydroxyl groups excluding tert-OH is 2. The fourth-order valence-corrected chi connectivity index (χ4v) is 4.48. The van der Waals surface area contributed by atoms with E-state index in [9.17, 15) is 19.8 Å². The van der Waals surface area contributed by atoms with E-state index in [1.165, 1.54) is 12.5 Å². The summed E-state index contributed by atoms with van der Waals surface area (Å²) in [7, 11) is 0. The molecular formula is C24H38O6. The van der Waals surface area contributed by atoms with Crippen molar-refractivity contribution >= 4 is 11.9 Å². The van der Waals surface area contributed by atoms with Gasteiger partial charge in [0, 0.05) is 19.3 Å². The molecule has 2 aliphatic rings. The average molecular weight is 423 g/mol. The number of hydrogen-bond acceptors (Lipinski definition) is 6. The number of rotatable bonds is 10. The molecule has 0 amide bonds. The molecule has 0 saturated heterocycles. The Morgan fingerprint density at radius 2 is 2.00 bits per heavy atom. The van der Waals surface area contributed by atoms with Gasteiger partial charge in [0.05, 0.1) is 18.1 Å². The standard InChI is InChI=1S/C24H38O6/c1-5-15(2)24(28)30-22-8-6-7-18-10-9-16(3)21(23(18)22)12-11-19(26)13-20(27)14-29-17(4)25/h7,9-10,15-16,19-23,26-27H,5-6,8,11-14H2,1-4H3/t15?,16?,19?,20?,21-,22?,23?/m1/s1. The van der Waals surface area contributed by atoms with E-state index in [0.717, 1.165) is 25.7 Å². The Morgan fingerprint density at radius 1 is 1.27 bits per heavy atom. The molecule has 6 nitrogen and oxygen atoms in total. The number of allylic oxidation sites excluding steroid dienone is 3. The minimum absolute atomic E-state index is 0.0991. The van der Waals surface area contributed by atoms with Crippen molar-refractivity contribution in [1.82, 2.24) is 0 Å². The molecule has 6 heteroatoms. The lowest BCUT2D eigenvalue weighted by Crippen LogP contribution is -2.40. The predicted octanol–water partition coefficient (Wildman–Crippen LogP) is 3.56. The molecule has 0 aromatic rings. The number of hydrogen-bond donors (Lipinski definition) is 2. The van der Waals surface area contributed by atoms with Gasteiger partial charge in [0.25, 0.3) is 0 Å². The predicted molar refractivity (Wildman–Crippen MR) is 114 cm³/mol. The minimum atomic E-state index is -0.873. The van der Waals surface area contributed by atoms with E-state index in [4.69, 9.17) is 9.47 Å². The lowest BCUT2D eigenvalue weighted by molar-refractivity contribution is -0.158. The van der Waals surface area contributed by atoms with Gasteiger partial charge in [-0.05, 0) is 49.5 Å². The van der Waals surface area contributed by atoms with Gasteiger partial charge in [0.1, 0.15) is 12.7 Å². The molecule has 0 aromatic heterocycles. The number of fused-ring (bicyclic) bond motifs is 1. The van der Waals surface area contributed by atoms with E-state index in [2.05, 4.69) is 25.2 Å². The van der Waals surface area contributed by atoms with E-state index in [1.54, 1.807) is 0 Å². The first-order valence-corrected chi connectivity index (χ1v) is 11.3. The van der Waals surface area contributed by atoms with Crippen molar-refractivity contribution < 1.29 is 29.3 Å². The molecule has 30 heavy (non-hydrogen) atoms. The zero-order valence-electron chi connectivity index (χ0n) is 18.8. The van der Waals surface area contributed by atoms with Crippen molar-refractivity contribution in [3.05, 3.63) is 23.8 Å². The Kier molecular flexibility index (Phi) is 9.56. The van der Waals surface area contributed by atoms with Crippen LogP contribution in [0.15, 0.2) is 23.8 Å². The zero-order chi connectivity index (χ0) is 22.3. The van der Waals surface area contributed by atoms with Crippen molar-refractivity contribution in [3.63, 3.8) is 0 Å². The first-order valence-electron chi connectivity index (χ1n) is 11.3. The number of carbonyl (C=O) groups is 2. The molecule has 0 radical (unpaired) electrons. The fraction of sp³-hybridized carbons (Fsp3) is 0.750. The molecule has 0 saturated carbocycles. The van der Waals surface area contributed by atoms with E-state index in [0.29, 0.717) is 12.3 Å². The van der Waals surface area contributed by atoms with Gasteiger partial charge < -0.3 is 19.7 Å². The molecular weight excluding hydrogens is 384 g/mol. The average Bonchev–Trinajstić information content (AvgIpc) is 2.71. The molecule has 2 N–H and O–H groups in total. The quantitative estimate of drug-likeness (QED) is 0.523. The van der Waals surface area contributed by atoms with Crippen molar-refractivity contribution in [2.75, 3.05) is 6.61 Å². The van der Waals surface area contributed by atoms with Crippen LogP contribution in [-0.4, -0.2) is 47.1 Å². The first-order chi connectivity index (χ1) is 14.2. The van der Waals surface area contributed by atoms with Gasteiger partial charge in [-0.1, -0.05) is 39.0 Å². The van der Waals surface area contributed by atoms with Gasteiger partial charge in [-0.25, -0.2) is 0 Å². The van der Waals surface area contributed by atoms with Gasteiger partial charge in [-0.2, -0.15) is 0 Å². The van der Waals surface area contributed by atoms with Crippen LogP contribution in [0.25, 0.3) is 0 Å². The number of ether oxygens (including phenoxy) is 2.